The van der Waals surface area contributed by atoms with Crippen LogP contribution >= 0.6 is 11.6 Å². The maximum absolute atomic E-state index is 12.9. The topological polar surface area (TPSA) is 110 Å². The fourth-order valence-corrected chi connectivity index (χ4v) is 5.21. The van der Waals surface area contributed by atoms with Crippen molar-refractivity contribution in [2.75, 3.05) is 0 Å². The van der Waals surface area contributed by atoms with Gasteiger partial charge in [0.05, 0.1) is 12.0 Å². The van der Waals surface area contributed by atoms with E-state index in [9.17, 15) is 19.5 Å². The zero-order valence-electron chi connectivity index (χ0n) is 20.1. The number of aryl methyl sites for hydroxylation is 4. The van der Waals surface area contributed by atoms with Crippen LogP contribution in [-0.4, -0.2) is 23.0 Å². The number of benzene rings is 2. The first-order chi connectivity index (χ1) is 17.2. The number of carboxylic acids is 1. The third-order valence-electron chi connectivity index (χ3n) is 7.05. The van der Waals surface area contributed by atoms with Crippen molar-refractivity contribution in [3.05, 3.63) is 79.4 Å². The number of rotatable bonds is 6. The van der Waals surface area contributed by atoms with E-state index in [-0.39, 0.29) is 18.4 Å². The number of hydrogen-bond acceptors (Lipinski definition) is 5. The summed E-state index contributed by atoms with van der Waals surface area (Å²) in [5, 5.41) is 14.5. The van der Waals surface area contributed by atoms with Gasteiger partial charge in [0.1, 0.15) is 23.0 Å². The monoisotopic (exact) mass is 507 g/mol. The molecule has 1 unspecified atom stereocenters. The number of furan rings is 1. The quantitative estimate of drug-likeness (QED) is 0.354. The Hall–Kier alpha value is -3.58. The number of nitrogens with one attached hydrogen (secondary N) is 1. The number of carboxylic acid groups (broad SMARTS) is 1. The molecule has 2 aromatic carbocycles. The van der Waals surface area contributed by atoms with Crippen molar-refractivity contribution in [2.24, 2.45) is 0 Å². The largest absolute Gasteiger partial charge is 0.480 e. The average molecular weight is 508 g/mol. The molecule has 7 nitrogen and oxygen atoms in total. The molecule has 0 radical (unpaired) electrons. The van der Waals surface area contributed by atoms with Gasteiger partial charge in [0.15, 0.2) is 0 Å². The van der Waals surface area contributed by atoms with Crippen molar-refractivity contribution in [1.82, 2.24) is 5.32 Å². The number of carbonyl (C=O) groups is 2. The average Bonchev–Trinajstić information content (AvgIpc) is 3.22. The van der Waals surface area contributed by atoms with E-state index in [0.717, 1.165) is 58.9 Å². The summed E-state index contributed by atoms with van der Waals surface area (Å²) in [5.41, 5.74) is 4.14. The van der Waals surface area contributed by atoms with Gasteiger partial charge in [0.2, 0.25) is 5.91 Å². The molecule has 0 spiro atoms. The number of halogens is 1. The lowest BCUT2D eigenvalue weighted by atomic mass is 9.93. The van der Waals surface area contributed by atoms with Crippen LogP contribution in [0.1, 0.15) is 46.4 Å². The van der Waals surface area contributed by atoms with Crippen molar-refractivity contribution >= 4 is 45.4 Å². The molecule has 0 fully saturated rings. The number of hydrogen-bond donors (Lipinski definition) is 2. The molecule has 2 heterocycles. The van der Waals surface area contributed by atoms with Crippen LogP contribution in [-0.2, 0) is 35.3 Å². The Morgan fingerprint density at radius 2 is 1.72 bits per heavy atom. The lowest BCUT2D eigenvalue weighted by Gasteiger charge is -2.15. The summed E-state index contributed by atoms with van der Waals surface area (Å²) in [6, 6.07) is 7.60. The molecule has 2 aromatic heterocycles. The third-order valence-corrected chi connectivity index (χ3v) is 7.30. The van der Waals surface area contributed by atoms with Crippen molar-refractivity contribution in [2.45, 2.75) is 58.4 Å². The highest BCUT2D eigenvalue weighted by atomic mass is 35.5. The molecule has 1 atom stereocenters. The Balaban J connectivity index is 1.46. The molecule has 1 aliphatic carbocycles. The molecule has 0 saturated carbocycles. The highest BCUT2D eigenvalue weighted by Gasteiger charge is 2.25. The molecule has 0 saturated heterocycles. The van der Waals surface area contributed by atoms with Crippen LogP contribution in [0.3, 0.4) is 0 Å². The van der Waals surface area contributed by atoms with Crippen LogP contribution in [0.2, 0.25) is 5.02 Å². The van der Waals surface area contributed by atoms with E-state index in [1.165, 1.54) is 5.56 Å². The summed E-state index contributed by atoms with van der Waals surface area (Å²) in [6.45, 7) is 3.67. The van der Waals surface area contributed by atoms with Gasteiger partial charge in [-0.15, -0.1) is 0 Å². The summed E-state index contributed by atoms with van der Waals surface area (Å²) in [6.07, 6.45) is 3.85. The maximum Gasteiger partial charge on any atom is 0.340 e. The Kier molecular flexibility index (Phi) is 6.35. The number of aliphatic carboxylic acids is 1. The van der Waals surface area contributed by atoms with Crippen molar-refractivity contribution in [1.29, 1.82) is 0 Å². The van der Waals surface area contributed by atoms with E-state index in [2.05, 4.69) is 5.32 Å². The predicted octanol–water partition coefficient (Wildman–Crippen LogP) is 5.04. The third kappa shape index (κ3) is 4.39. The standard InChI is InChI=1S/C28H26ClNO6/c1-14-19-12-21-18-5-3-4-6-23(18)35-26(21)15(2)25(19)36-28(34)20(14)13-24(31)30-22(27(32)33)11-16-7-9-17(29)10-8-16/h7-10,12,22H,3-6,11,13H2,1-2H3,(H,30,31)(H,32,33). The Morgan fingerprint density at radius 1 is 1.03 bits per heavy atom. The number of amides is 1. The van der Waals surface area contributed by atoms with Gasteiger partial charge in [-0.05, 0) is 62.4 Å². The molecule has 0 aliphatic heterocycles. The highest BCUT2D eigenvalue weighted by Crippen LogP contribution is 2.37. The van der Waals surface area contributed by atoms with E-state index in [1.54, 1.807) is 31.2 Å². The molecular formula is C28H26ClNO6. The van der Waals surface area contributed by atoms with Crippen LogP contribution in [0.15, 0.2) is 44.0 Å². The summed E-state index contributed by atoms with van der Waals surface area (Å²) >= 11 is 5.90. The van der Waals surface area contributed by atoms with Crippen molar-refractivity contribution in [3.63, 3.8) is 0 Å². The van der Waals surface area contributed by atoms with Gasteiger partial charge in [-0.3, -0.25) is 4.79 Å². The van der Waals surface area contributed by atoms with Gasteiger partial charge in [-0.25, -0.2) is 9.59 Å². The first-order valence-electron chi connectivity index (χ1n) is 12.0. The minimum absolute atomic E-state index is 0.0896. The minimum atomic E-state index is -1.16. The molecule has 4 aromatic rings. The highest BCUT2D eigenvalue weighted by molar-refractivity contribution is 6.30. The zero-order chi connectivity index (χ0) is 25.6. The molecule has 1 aliphatic rings. The molecule has 5 rings (SSSR count). The van der Waals surface area contributed by atoms with E-state index in [1.807, 2.05) is 13.0 Å². The zero-order valence-corrected chi connectivity index (χ0v) is 20.8. The second-order valence-corrected chi connectivity index (χ2v) is 9.86. The van der Waals surface area contributed by atoms with Crippen LogP contribution in [0.4, 0.5) is 0 Å². The molecule has 36 heavy (non-hydrogen) atoms. The second-order valence-electron chi connectivity index (χ2n) is 9.42. The van der Waals surface area contributed by atoms with E-state index >= 15 is 0 Å². The minimum Gasteiger partial charge on any atom is -0.480 e. The van der Waals surface area contributed by atoms with Gasteiger partial charge in [0.25, 0.3) is 0 Å². The lowest BCUT2D eigenvalue weighted by molar-refractivity contribution is -0.141. The SMILES string of the molecule is Cc1c(CC(=O)NC(Cc2ccc(Cl)cc2)C(=O)O)c(=O)oc2c(C)c3oc4c(c3cc12)CCCC4. The molecule has 1 amide bonds. The second kappa shape index (κ2) is 9.47. The lowest BCUT2D eigenvalue weighted by Crippen LogP contribution is -2.43. The Bertz CT molecular complexity index is 1560. The van der Waals surface area contributed by atoms with Gasteiger partial charge in [0, 0.05) is 39.8 Å². The first kappa shape index (κ1) is 24.1. The van der Waals surface area contributed by atoms with Crippen LogP contribution in [0, 0.1) is 13.8 Å². The van der Waals surface area contributed by atoms with Crippen molar-refractivity contribution in [3.8, 4) is 0 Å². The van der Waals surface area contributed by atoms with E-state index in [0.29, 0.717) is 16.2 Å². The van der Waals surface area contributed by atoms with Crippen LogP contribution < -0.4 is 10.9 Å². The normalized spacial score (nSPS) is 14.1. The first-order valence-corrected chi connectivity index (χ1v) is 12.4. The molecule has 8 heteroatoms. The number of fused-ring (bicyclic) bond motifs is 4. The fourth-order valence-electron chi connectivity index (χ4n) is 5.08. The van der Waals surface area contributed by atoms with Crippen LogP contribution in [0.5, 0.6) is 0 Å². The molecule has 2 N–H and O–H groups in total. The summed E-state index contributed by atoms with van der Waals surface area (Å²) in [5.74, 6) is -0.734. The number of carbonyl (C=O) groups excluding carboxylic acids is 1. The summed E-state index contributed by atoms with van der Waals surface area (Å²) < 4.78 is 11.8. The van der Waals surface area contributed by atoms with Gasteiger partial charge < -0.3 is 19.3 Å². The predicted molar refractivity (Wildman–Crippen MR) is 137 cm³/mol. The van der Waals surface area contributed by atoms with Gasteiger partial charge >= 0.3 is 11.6 Å². The summed E-state index contributed by atoms with van der Waals surface area (Å²) in [7, 11) is 0. The van der Waals surface area contributed by atoms with E-state index in [4.69, 9.17) is 20.4 Å². The Morgan fingerprint density at radius 3 is 2.44 bits per heavy atom. The molecule has 186 valence electrons. The Labute approximate surface area is 212 Å². The fraction of sp³-hybridized carbons (Fsp3) is 0.321. The summed E-state index contributed by atoms with van der Waals surface area (Å²) in [4.78, 5) is 37.6. The van der Waals surface area contributed by atoms with Crippen LogP contribution in [0.25, 0.3) is 21.9 Å². The molecular weight excluding hydrogens is 482 g/mol. The molecule has 0 bridgehead atoms. The van der Waals surface area contributed by atoms with E-state index < -0.39 is 23.5 Å². The van der Waals surface area contributed by atoms with Gasteiger partial charge in [-0.1, -0.05) is 23.7 Å². The maximum atomic E-state index is 12.9. The van der Waals surface area contributed by atoms with Crippen molar-refractivity contribution < 1.29 is 23.5 Å². The van der Waals surface area contributed by atoms with Gasteiger partial charge in [-0.2, -0.15) is 0 Å². The smallest absolute Gasteiger partial charge is 0.340 e.